The molecule has 0 aromatic rings. The Bertz CT molecular complexity index is 1210. The van der Waals surface area contributed by atoms with Gasteiger partial charge in [0.15, 0.2) is 11.4 Å². The molecule has 0 radical (unpaired) electrons. The molecule has 266 valence electrons. The second-order valence-corrected chi connectivity index (χ2v) is 15.3. The summed E-state index contributed by atoms with van der Waals surface area (Å²) in [6.45, 7) is 7.68. The first-order chi connectivity index (χ1) is 22.3. The first-order valence-corrected chi connectivity index (χ1v) is 18.3. The maximum absolute atomic E-state index is 13.4. The lowest BCUT2D eigenvalue weighted by molar-refractivity contribution is -0.228. The van der Waals surface area contributed by atoms with Crippen LogP contribution in [0.1, 0.15) is 131 Å². The highest BCUT2D eigenvalue weighted by Gasteiger charge is 2.89. The predicted molar refractivity (Wildman–Crippen MR) is 178 cm³/mol. The predicted octanol–water partition coefficient (Wildman–Crippen LogP) is 5.51. The Kier molecular flexibility index (Phi) is 12.2. The lowest BCUT2D eigenvalue weighted by Gasteiger charge is -2.53. The van der Waals surface area contributed by atoms with Crippen LogP contribution < -0.4 is 0 Å². The highest BCUT2D eigenvalue weighted by atomic mass is 16.6. The van der Waals surface area contributed by atoms with E-state index in [-0.39, 0.29) is 12.8 Å². The van der Waals surface area contributed by atoms with Gasteiger partial charge in [0.2, 0.25) is 0 Å². The summed E-state index contributed by atoms with van der Waals surface area (Å²) in [4.78, 5) is 39.3. The van der Waals surface area contributed by atoms with E-state index in [0.29, 0.717) is 17.6 Å². The Morgan fingerprint density at radius 3 is 1.98 bits per heavy atom. The highest BCUT2D eigenvalue weighted by Crippen LogP contribution is 2.77. The maximum atomic E-state index is 13.4. The monoisotopic (exact) mass is 660 g/mol. The highest BCUT2D eigenvalue weighted by molar-refractivity contribution is 6.04. The summed E-state index contributed by atoms with van der Waals surface area (Å²) < 4.78 is 12.2. The van der Waals surface area contributed by atoms with E-state index in [1.165, 1.54) is 64.7 Å². The van der Waals surface area contributed by atoms with Gasteiger partial charge in [0.1, 0.15) is 11.7 Å². The second kappa shape index (κ2) is 15.2. The number of fused-ring (bicyclic) bond motifs is 5. The molecule has 0 aliphatic heterocycles. The van der Waals surface area contributed by atoms with Gasteiger partial charge in [-0.3, -0.25) is 14.4 Å². The van der Waals surface area contributed by atoms with E-state index in [2.05, 4.69) is 6.92 Å². The van der Waals surface area contributed by atoms with Crippen LogP contribution >= 0.6 is 0 Å². The van der Waals surface area contributed by atoms with Crippen molar-refractivity contribution in [3.05, 3.63) is 23.3 Å². The number of aliphatic hydroxyl groups is 4. The van der Waals surface area contributed by atoms with Crippen LogP contribution in [0.25, 0.3) is 0 Å². The quantitative estimate of drug-likeness (QED) is 0.0848. The van der Waals surface area contributed by atoms with Gasteiger partial charge in [-0.05, 0) is 24.5 Å². The lowest BCUT2D eigenvalue weighted by Crippen LogP contribution is -2.66. The number of carbonyl (C=O) groups excluding carboxylic acids is 3. The summed E-state index contributed by atoms with van der Waals surface area (Å²) in [5, 5.41) is 45.6. The summed E-state index contributed by atoms with van der Waals surface area (Å²) in [7, 11) is 0. The standard InChI is InChI=1S/C38H60O9/c1-6-7-8-9-10-11-12-13-14-15-16-17-18-19-31(42)46-34-26(3)37(45)29(32-35(5,24-40)38(32,34)47-27(4)41)21-28(23-39)22-36(44)30(37)20-25(2)33(36)43/h20-21,26,29-30,32,34,39-40,44-45H,6-19,22-24H2,1-5H3/t26-,29-,30-,32-,34+,35-,36-,37-,38+/m0/s1. The summed E-state index contributed by atoms with van der Waals surface area (Å²) in [5.74, 6) is -5.10. The van der Waals surface area contributed by atoms with E-state index in [1.54, 1.807) is 32.9 Å². The fourth-order valence-corrected chi connectivity index (χ4v) is 9.57. The number of hydrogen-bond acceptors (Lipinski definition) is 9. The Labute approximate surface area is 281 Å². The number of rotatable bonds is 18. The smallest absolute Gasteiger partial charge is 0.306 e. The van der Waals surface area contributed by atoms with Crippen molar-refractivity contribution in [3.63, 3.8) is 0 Å². The third kappa shape index (κ3) is 6.75. The third-order valence-electron chi connectivity index (χ3n) is 12.1. The van der Waals surface area contributed by atoms with Gasteiger partial charge in [0, 0.05) is 48.9 Å². The first kappa shape index (κ1) is 37.7. The summed E-state index contributed by atoms with van der Waals surface area (Å²) >= 11 is 0. The minimum absolute atomic E-state index is 0.166. The zero-order chi connectivity index (χ0) is 34.6. The molecule has 0 amide bonds. The molecule has 9 nitrogen and oxygen atoms in total. The molecule has 47 heavy (non-hydrogen) atoms. The number of carbonyl (C=O) groups is 3. The van der Waals surface area contributed by atoms with Crippen LogP contribution in [0.3, 0.4) is 0 Å². The molecule has 0 spiro atoms. The van der Waals surface area contributed by atoms with E-state index < -0.39 is 82.9 Å². The zero-order valence-electron chi connectivity index (χ0n) is 29.4. The Morgan fingerprint density at radius 2 is 1.47 bits per heavy atom. The molecule has 0 heterocycles. The molecule has 0 aromatic carbocycles. The van der Waals surface area contributed by atoms with Gasteiger partial charge < -0.3 is 29.9 Å². The average Bonchev–Trinajstić information content (AvgIpc) is 3.51. The van der Waals surface area contributed by atoms with Gasteiger partial charge in [-0.25, -0.2) is 0 Å². The number of aliphatic hydroxyl groups excluding tert-OH is 2. The molecule has 9 atom stereocenters. The average molecular weight is 661 g/mol. The van der Waals surface area contributed by atoms with Gasteiger partial charge in [0.25, 0.3) is 0 Å². The van der Waals surface area contributed by atoms with Gasteiger partial charge in [-0.1, -0.05) is 110 Å². The minimum atomic E-state index is -1.99. The number of unbranched alkanes of at least 4 members (excludes halogenated alkanes) is 12. The largest absolute Gasteiger partial charge is 0.458 e. The van der Waals surface area contributed by atoms with E-state index in [0.717, 1.165) is 19.3 Å². The number of ether oxygens (including phenoxy) is 2. The number of Topliss-reactive ketones (excluding diaryl/α,β-unsaturated/α-hetero) is 1. The first-order valence-electron chi connectivity index (χ1n) is 18.3. The van der Waals surface area contributed by atoms with Crippen molar-refractivity contribution in [2.75, 3.05) is 13.2 Å². The van der Waals surface area contributed by atoms with Gasteiger partial charge in [-0.15, -0.1) is 0 Å². The molecule has 2 fully saturated rings. The van der Waals surface area contributed by atoms with Crippen molar-refractivity contribution in [2.45, 2.75) is 154 Å². The van der Waals surface area contributed by atoms with Crippen molar-refractivity contribution < 1.29 is 44.3 Å². The van der Waals surface area contributed by atoms with Gasteiger partial charge >= 0.3 is 11.9 Å². The van der Waals surface area contributed by atoms with E-state index in [1.807, 2.05) is 0 Å². The summed E-state index contributed by atoms with van der Waals surface area (Å²) in [6, 6.07) is 0. The van der Waals surface area contributed by atoms with Crippen LogP contribution in [0.5, 0.6) is 0 Å². The molecular weight excluding hydrogens is 600 g/mol. The topological polar surface area (TPSA) is 151 Å². The Morgan fingerprint density at radius 1 is 0.915 bits per heavy atom. The molecule has 4 aliphatic carbocycles. The Hall–Kier alpha value is -2.07. The van der Waals surface area contributed by atoms with Crippen LogP contribution in [0.2, 0.25) is 0 Å². The zero-order valence-corrected chi connectivity index (χ0v) is 29.4. The molecule has 4 N–H and O–H groups in total. The minimum Gasteiger partial charge on any atom is -0.458 e. The number of hydrogen-bond donors (Lipinski definition) is 4. The van der Waals surface area contributed by atoms with Crippen LogP contribution in [-0.4, -0.2) is 74.3 Å². The lowest BCUT2D eigenvalue weighted by atomic mass is 9.59. The third-order valence-corrected chi connectivity index (χ3v) is 12.1. The molecule has 0 bridgehead atoms. The molecule has 0 unspecified atom stereocenters. The van der Waals surface area contributed by atoms with E-state index in [9.17, 15) is 34.8 Å². The summed E-state index contributed by atoms with van der Waals surface area (Å²) in [5.41, 5.74) is -5.65. The van der Waals surface area contributed by atoms with Crippen molar-refractivity contribution in [3.8, 4) is 0 Å². The van der Waals surface area contributed by atoms with Crippen LogP contribution in [0, 0.1) is 29.1 Å². The van der Waals surface area contributed by atoms with E-state index >= 15 is 0 Å². The normalized spacial score (nSPS) is 37.2. The molecule has 0 saturated heterocycles. The van der Waals surface area contributed by atoms with E-state index in [4.69, 9.17) is 9.47 Å². The molecular formula is C38H60O9. The van der Waals surface area contributed by atoms with Gasteiger partial charge in [0.05, 0.1) is 18.8 Å². The van der Waals surface area contributed by atoms with Crippen LogP contribution in [0.15, 0.2) is 23.3 Å². The molecule has 9 heteroatoms. The second-order valence-electron chi connectivity index (χ2n) is 15.3. The SMILES string of the molecule is CCCCCCCCCCCCCCCC(=O)O[C@@H]1[C@H](C)[C@@]2(O)[C@H]3C=C(C)C(=O)[C@]3(O)CC(CO)=C[C@H]2[C@@H]2[C@]1(OC(C)=O)[C@@]2(C)CO. The fraction of sp³-hybridized carbons (Fsp3) is 0.816. The number of ketones is 1. The van der Waals surface area contributed by atoms with Crippen molar-refractivity contribution in [1.29, 1.82) is 0 Å². The summed E-state index contributed by atoms with van der Waals surface area (Å²) in [6.07, 6.45) is 17.5. The van der Waals surface area contributed by atoms with Gasteiger partial charge in [-0.2, -0.15) is 0 Å². The van der Waals surface area contributed by atoms with Crippen LogP contribution in [0.4, 0.5) is 0 Å². The molecule has 0 aromatic heterocycles. The Balaban J connectivity index is 1.46. The van der Waals surface area contributed by atoms with Crippen molar-refractivity contribution >= 4 is 17.7 Å². The number of esters is 2. The van der Waals surface area contributed by atoms with Crippen LogP contribution in [-0.2, 0) is 23.9 Å². The molecule has 4 aliphatic rings. The molecule has 4 rings (SSSR count). The van der Waals surface area contributed by atoms with Crippen molar-refractivity contribution in [1.82, 2.24) is 0 Å². The molecule has 2 saturated carbocycles. The fourth-order valence-electron chi connectivity index (χ4n) is 9.57. The van der Waals surface area contributed by atoms with Crippen molar-refractivity contribution in [2.24, 2.45) is 29.1 Å². The maximum Gasteiger partial charge on any atom is 0.306 e.